The first-order valence-electron chi connectivity index (χ1n) is 8.50. The second-order valence-corrected chi connectivity index (χ2v) is 6.46. The number of hydrogen-bond acceptors (Lipinski definition) is 4. The fourth-order valence-electron chi connectivity index (χ4n) is 2.68. The normalized spacial score (nSPS) is 14.7. The van der Waals surface area contributed by atoms with Gasteiger partial charge >= 0.3 is 0 Å². The van der Waals surface area contributed by atoms with E-state index in [1.165, 1.54) is 12.1 Å². The van der Waals surface area contributed by atoms with Crippen molar-refractivity contribution in [3.05, 3.63) is 53.4 Å². The van der Waals surface area contributed by atoms with Crippen LogP contribution in [-0.4, -0.2) is 34.9 Å². The summed E-state index contributed by atoms with van der Waals surface area (Å²) in [7, 11) is 0. The van der Waals surface area contributed by atoms with Crippen LogP contribution in [-0.2, 0) is 0 Å². The number of rotatable bonds is 9. The molecule has 142 valence electrons. The van der Waals surface area contributed by atoms with Crippen LogP contribution in [0.3, 0.4) is 0 Å². The molecule has 0 aromatic heterocycles. The van der Waals surface area contributed by atoms with E-state index in [2.05, 4.69) is 6.07 Å². The molecule has 0 spiro atoms. The molecule has 6 heteroatoms. The van der Waals surface area contributed by atoms with Crippen molar-refractivity contribution >= 4 is 5.57 Å². The monoisotopic (exact) mass is 364 g/mol. The molecule has 0 fully saturated rings. The van der Waals surface area contributed by atoms with Crippen LogP contribution in [0.15, 0.2) is 36.2 Å². The van der Waals surface area contributed by atoms with Gasteiger partial charge in [0.05, 0.1) is 18.1 Å². The maximum absolute atomic E-state index is 14.0. The van der Waals surface area contributed by atoms with Gasteiger partial charge in [-0.2, -0.15) is 5.26 Å². The van der Waals surface area contributed by atoms with Crippen molar-refractivity contribution in [2.75, 3.05) is 19.8 Å². The van der Waals surface area contributed by atoms with E-state index in [4.69, 9.17) is 0 Å². The molecule has 0 aliphatic carbocycles. The number of allylic oxidation sites excluding steroid dienone is 1. The highest BCUT2D eigenvalue weighted by atomic mass is 19.1. The van der Waals surface area contributed by atoms with Gasteiger partial charge in [-0.05, 0) is 50.0 Å². The number of halogens is 2. The van der Waals surface area contributed by atoms with Gasteiger partial charge in [-0.1, -0.05) is 6.92 Å². The number of nitrogens with zero attached hydrogens (tertiary/aromatic N) is 2. The molecule has 1 aromatic carbocycles. The predicted molar refractivity (Wildman–Crippen MR) is 97.6 cm³/mol. The van der Waals surface area contributed by atoms with E-state index in [-0.39, 0.29) is 25.3 Å². The minimum Gasteiger partial charge on any atom is -0.396 e. The summed E-state index contributed by atoms with van der Waals surface area (Å²) in [6, 6.07) is 5.65. The molecule has 2 N–H and O–H groups in total. The molecule has 0 saturated carbocycles. The van der Waals surface area contributed by atoms with E-state index in [1.54, 1.807) is 31.1 Å². The summed E-state index contributed by atoms with van der Waals surface area (Å²) in [5.41, 5.74) is 0.698. The van der Waals surface area contributed by atoms with E-state index in [0.29, 0.717) is 24.0 Å². The summed E-state index contributed by atoms with van der Waals surface area (Å²) in [5, 5.41) is 28.2. The molecule has 0 saturated heterocycles. The van der Waals surface area contributed by atoms with Gasteiger partial charge in [0.25, 0.3) is 0 Å². The Morgan fingerprint density at radius 2 is 1.96 bits per heavy atom. The zero-order valence-corrected chi connectivity index (χ0v) is 15.5. The Hall–Kier alpha value is -2.23. The Kier molecular flexibility index (Phi) is 8.43. The van der Waals surface area contributed by atoms with Crippen LogP contribution in [0.1, 0.15) is 39.2 Å². The number of aliphatic hydroxyl groups excluding tert-OH is 2. The van der Waals surface area contributed by atoms with E-state index in [9.17, 15) is 24.3 Å². The number of aliphatic hydroxyl groups is 2. The van der Waals surface area contributed by atoms with Gasteiger partial charge < -0.3 is 15.1 Å². The van der Waals surface area contributed by atoms with Crippen LogP contribution in [0.2, 0.25) is 0 Å². The zero-order chi connectivity index (χ0) is 19.7. The van der Waals surface area contributed by atoms with Gasteiger partial charge in [0.1, 0.15) is 11.6 Å². The molecule has 0 radical (unpaired) electrons. The highest BCUT2D eigenvalue weighted by molar-refractivity contribution is 5.64. The van der Waals surface area contributed by atoms with Gasteiger partial charge in [0.2, 0.25) is 0 Å². The van der Waals surface area contributed by atoms with Crippen LogP contribution in [0.4, 0.5) is 8.78 Å². The summed E-state index contributed by atoms with van der Waals surface area (Å²) in [6.45, 7) is 5.30. The van der Waals surface area contributed by atoms with Crippen molar-refractivity contribution in [3.63, 3.8) is 0 Å². The van der Waals surface area contributed by atoms with Gasteiger partial charge in [-0.3, -0.25) is 0 Å². The van der Waals surface area contributed by atoms with Gasteiger partial charge in [-0.25, -0.2) is 8.78 Å². The fourth-order valence-corrected chi connectivity index (χ4v) is 2.68. The number of hydrogen-bond donors (Lipinski definition) is 2. The van der Waals surface area contributed by atoms with Crippen LogP contribution < -0.4 is 0 Å². The lowest BCUT2D eigenvalue weighted by atomic mass is 9.83. The largest absolute Gasteiger partial charge is 0.396 e. The third-order valence-corrected chi connectivity index (χ3v) is 4.34. The molecular formula is C20H26F2N2O2. The molecule has 0 aliphatic heterocycles. The molecule has 1 unspecified atom stereocenters. The molecule has 0 heterocycles. The van der Waals surface area contributed by atoms with Crippen LogP contribution >= 0.6 is 0 Å². The molecule has 26 heavy (non-hydrogen) atoms. The summed E-state index contributed by atoms with van der Waals surface area (Å²) in [4.78, 5) is 1.71. The van der Waals surface area contributed by atoms with E-state index in [1.807, 2.05) is 6.92 Å². The first-order valence-corrected chi connectivity index (χ1v) is 8.50. The molecule has 0 aliphatic rings. The van der Waals surface area contributed by atoms with E-state index < -0.39 is 17.0 Å². The van der Waals surface area contributed by atoms with Crippen LogP contribution in [0.5, 0.6) is 0 Å². The van der Waals surface area contributed by atoms with Gasteiger partial charge in [0.15, 0.2) is 0 Å². The second kappa shape index (κ2) is 10.0. The lowest BCUT2D eigenvalue weighted by molar-refractivity contribution is 0.194. The molecular weight excluding hydrogens is 338 g/mol. The van der Waals surface area contributed by atoms with E-state index >= 15 is 0 Å². The van der Waals surface area contributed by atoms with Gasteiger partial charge in [-0.15, -0.1) is 0 Å². The van der Waals surface area contributed by atoms with Crippen molar-refractivity contribution in [1.82, 2.24) is 4.90 Å². The SMILES string of the molecule is CCC(C#N)(CCO)CN(/C=C(\C)CO)/C=C(\C)c1ccc(F)cc1F. The average Bonchev–Trinajstić information content (AvgIpc) is 2.60. The first kappa shape index (κ1) is 21.8. The molecule has 0 amide bonds. The summed E-state index contributed by atoms with van der Waals surface area (Å²) in [6.07, 6.45) is 4.18. The Morgan fingerprint density at radius 3 is 2.46 bits per heavy atom. The minimum absolute atomic E-state index is 0.118. The Morgan fingerprint density at radius 1 is 1.27 bits per heavy atom. The standard InChI is InChI=1S/C20H26F2N2O2/c1-4-20(13-23,7-8-25)14-24(10-15(2)12-26)11-16(3)18-6-5-17(21)9-19(18)22/h5-6,9-11,25-26H,4,7-8,12,14H2,1-3H3/b15-10+,16-11+. The van der Waals surface area contributed by atoms with E-state index in [0.717, 1.165) is 6.07 Å². The molecule has 4 nitrogen and oxygen atoms in total. The lowest BCUT2D eigenvalue weighted by Crippen LogP contribution is -2.32. The molecule has 1 aromatic rings. The predicted octanol–water partition coefficient (Wildman–Crippen LogP) is 3.83. The Balaban J connectivity index is 3.27. The molecule has 0 bridgehead atoms. The molecule has 1 rings (SSSR count). The number of benzene rings is 1. The second-order valence-electron chi connectivity index (χ2n) is 6.46. The maximum atomic E-state index is 14.0. The fraction of sp³-hybridized carbons (Fsp3) is 0.450. The smallest absolute Gasteiger partial charge is 0.133 e. The quantitative estimate of drug-likeness (QED) is 0.699. The first-order chi connectivity index (χ1) is 12.3. The van der Waals surface area contributed by atoms with Crippen molar-refractivity contribution < 1.29 is 19.0 Å². The number of nitriles is 1. The van der Waals surface area contributed by atoms with Gasteiger partial charge in [0, 0.05) is 37.2 Å². The van der Waals surface area contributed by atoms with Crippen LogP contribution in [0.25, 0.3) is 5.57 Å². The summed E-state index contributed by atoms with van der Waals surface area (Å²) in [5.74, 6) is -1.32. The average molecular weight is 364 g/mol. The third-order valence-electron chi connectivity index (χ3n) is 4.34. The van der Waals surface area contributed by atoms with Crippen molar-refractivity contribution in [1.29, 1.82) is 5.26 Å². The summed E-state index contributed by atoms with van der Waals surface area (Å²) < 4.78 is 27.2. The summed E-state index contributed by atoms with van der Waals surface area (Å²) >= 11 is 0. The highest BCUT2D eigenvalue weighted by Gasteiger charge is 2.29. The van der Waals surface area contributed by atoms with Crippen molar-refractivity contribution in [3.8, 4) is 6.07 Å². The topological polar surface area (TPSA) is 67.5 Å². The molecule has 1 atom stereocenters. The highest BCUT2D eigenvalue weighted by Crippen LogP contribution is 2.28. The lowest BCUT2D eigenvalue weighted by Gasteiger charge is -2.30. The van der Waals surface area contributed by atoms with Crippen molar-refractivity contribution in [2.45, 2.75) is 33.6 Å². The minimum atomic E-state index is -0.779. The third kappa shape index (κ3) is 5.94. The Labute approximate surface area is 153 Å². The van der Waals surface area contributed by atoms with Crippen LogP contribution in [0, 0.1) is 28.4 Å². The zero-order valence-electron chi connectivity index (χ0n) is 15.5. The Bertz CT molecular complexity index is 710. The van der Waals surface area contributed by atoms with Crippen molar-refractivity contribution in [2.24, 2.45) is 5.41 Å². The maximum Gasteiger partial charge on any atom is 0.133 e.